The zero-order valence-electron chi connectivity index (χ0n) is 18.9. The lowest BCUT2D eigenvalue weighted by atomic mass is 10.00. The predicted molar refractivity (Wildman–Crippen MR) is 119 cm³/mol. The number of aromatic nitrogens is 2. The van der Waals surface area contributed by atoms with Gasteiger partial charge in [-0.05, 0) is 25.1 Å². The molecule has 2 heterocycles. The minimum atomic E-state index is -0.312. The fourth-order valence-corrected chi connectivity index (χ4v) is 4.02. The van der Waals surface area contributed by atoms with Crippen molar-refractivity contribution >= 4 is 11.8 Å². The summed E-state index contributed by atoms with van der Waals surface area (Å²) in [4.78, 5) is 29.4. The van der Waals surface area contributed by atoms with Gasteiger partial charge in [0.05, 0.1) is 18.7 Å². The Kier molecular flexibility index (Phi) is 6.58. The van der Waals surface area contributed by atoms with Crippen molar-refractivity contribution in [3.05, 3.63) is 71.0 Å². The third kappa shape index (κ3) is 4.67. The number of carbonyl (C=O) groups is 2. The molecule has 1 saturated heterocycles. The lowest BCUT2D eigenvalue weighted by Gasteiger charge is -2.41. The first-order valence-corrected chi connectivity index (χ1v) is 10.7. The molecule has 33 heavy (non-hydrogen) atoms. The highest BCUT2D eigenvalue weighted by Crippen LogP contribution is 2.33. The van der Waals surface area contributed by atoms with Gasteiger partial charge in [0.25, 0.3) is 5.91 Å². The largest absolute Gasteiger partial charge is 0.496 e. The van der Waals surface area contributed by atoms with Crippen LogP contribution in [0.2, 0.25) is 0 Å². The molecule has 9 nitrogen and oxygen atoms in total. The Morgan fingerprint density at radius 2 is 1.79 bits per heavy atom. The van der Waals surface area contributed by atoms with Crippen LogP contribution in [-0.4, -0.2) is 58.7 Å². The van der Waals surface area contributed by atoms with E-state index in [4.69, 9.17) is 14.1 Å². The number of amides is 2. The van der Waals surface area contributed by atoms with Gasteiger partial charge < -0.3 is 19.3 Å². The molecule has 1 aromatic heterocycles. The van der Waals surface area contributed by atoms with E-state index in [1.54, 1.807) is 49.0 Å². The van der Waals surface area contributed by atoms with Crippen molar-refractivity contribution in [2.24, 2.45) is 0 Å². The van der Waals surface area contributed by atoms with Crippen molar-refractivity contribution in [2.75, 3.05) is 26.7 Å². The Bertz CT molecular complexity index is 1150. The summed E-state index contributed by atoms with van der Waals surface area (Å²) in [5, 5.41) is 7.57. The van der Waals surface area contributed by atoms with Crippen LogP contribution < -0.4 is 9.47 Å². The molecule has 0 aliphatic carbocycles. The van der Waals surface area contributed by atoms with Crippen LogP contribution in [0.4, 0.5) is 0 Å². The van der Waals surface area contributed by atoms with E-state index in [9.17, 15) is 9.59 Å². The minimum Gasteiger partial charge on any atom is -0.496 e. The predicted octanol–water partition coefficient (Wildman–Crippen LogP) is 3.01. The molecule has 3 aromatic rings. The van der Waals surface area contributed by atoms with E-state index in [-0.39, 0.29) is 24.5 Å². The number of hydrogen-bond donors (Lipinski definition) is 0. The summed E-state index contributed by atoms with van der Waals surface area (Å²) in [6.07, 6.45) is 0. The molecule has 0 N–H and O–H groups in total. The molecule has 0 saturated carbocycles. The standard InChI is InChI=1S/C24H26N4O5/c1-16-20(26-33-25-16)15-32-23-11-7-5-9-19(23)24(30)27-12-13-28(17(2)29)21(14-27)18-8-4-6-10-22(18)31-3/h4-11,21H,12-15H2,1-3H3/t21-/m0/s1. The van der Waals surface area contributed by atoms with E-state index < -0.39 is 0 Å². The number of ether oxygens (including phenoxy) is 2. The van der Waals surface area contributed by atoms with Crippen LogP contribution in [0.15, 0.2) is 53.2 Å². The SMILES string of the molecule is COc1ccccc1[C@@H]1CN(C(=O)c2ccccc2OCc2nonc2C)CCN1C(C)=O. The van der Waals surface area contributed by atoms with Gasteiger partial charge in [0.2, 0.25) is 5.91 Å². The second-order valence-corrected chi connectivity index (χ2v) is 7.80. The average molecular weight is 450 g/mol. The van der Waals surface area contributed by atoms with E-state index >= 15 is 0 Å². The van der Waals surface area contributed by atoms with Crippen LogP contribution >= 0.6 is 0 Å². The zero-order valence-corrected chi connectivity index (χ0v) is 18.9. The fourth-order valence-electron chi connectivity index (χ4n) is 4.02. The lowest BCUT2D eigenvalue weighted by Crippen LogP contribution is -2.52. The summed E-state index contributed by atoms with van der Waals surface area (Å²) in [6, 6.07) is 14.4. The molecule has 0 radical (unpaired) electrons. The first-order valence-electron chi connectivity index (χ1n) is 10.7. The zero-order chi connectivity index (χ0) is 23.4. The second kappa shape index (κ2) is 9.72. The van der Waals surface area contributed by atoms with Gasteiger partial charge in [0.15, 0.2) is 0 Å². The van der Waals surface area contributed by atoms with Gasteiger partial charge in [-0.15, -0.1) is 0 Å². The number of benzene rings is 2. The van der Waals surface area contributed by atoms with Gasteiger partial charge >= 0.3 is 0 Å². The van der Waals surface area contributed by atoms with E-state index in [1.807, 2.05) is 30.3 Å². The fraction of sp³-hybridized carbons (Fsp3) is 0.333. The van der Waals surface area contributed by atoms with Crippen molar-refractivity contribution in [1.29, 1.82) is 0 Å². The lowest BCUT2D eigenvalue weighted by molar-refractivity contribution is -0.133. The van der Waals surface area contributed by atoms with Crippen LogP contribution in [0.5, 0.6) is 11.5 Å². The molecule has 1 aliphatic heterocycles. The number of aryl methyl sites for hydroxylation is 1. The van der Waals surface area contributed by atoms with E-state index in [0.29, 0.717) is 48.1 Å². The highest BCUT2D eigenvalue weighted by Gasteiger charge is 2.34. The molecule has 2 aromatic carbocycles. The molecule has 9 heteroatoms. The van der Waals surface area contributed by atoms with Gasteiger partial charge in [-0.2, -0.15) is 0 Å². The molecule has 0 unspecified atom stereocenters. The summed E-state index contributed by atoms with van der Waals surface area (Å²) < 4.78 is 16.1. The Morgan fingerprint density at radius 3 is 2.48 bits per heavy atom. The molecular weight excluding hydrogens is 424 g/mol. The number of carbonyl (C=O) groups excluding carboxylic acids is 2. The van der Waals surface area contributed by atoms with Crippen LogP contribution in [0.25, 0.3) is 0 Å². The van der Waals surface area contributed by atoms with Crippen LogP contribution in [0, 0.1) is 6.92 Å². The van der Waals surface area contributed by atoms with Crippen molar-refractivity contribution in [1.82, 2.24) is 20.1 Å². The first-order chi connectivity index (χ1) is 16.0. The quantitative estimate of drug-likeness (QED) is 0.569. The third-order valence-corrected chi connectivity index (χ3v) is 5.80. The Balaban J connectivity index is 1.57. The molecule has 2 amide bonds. The summed E-state index contributed by atoms with van der Waals surface area (Å²) in [5.74, 6) is 0.929. The topological polar surface area (TPSA) is 98.0 Å². The molecule has 4 rings (SSSR count). The van der Waals surface area contributed by atoms with Crippen molar-refractivity contribution in [3.8, 4) is 11.5 Å². The summed E-state index contributed by atoms with van der Waals surface area (Å²) in [5.41, 5.74) is 2.52. The van der Waals surface area contributed by atoms with Crippen molar-refractivity contribution < 1.29 is 23.7 Å². The van der Waals surface area contributed by atoms with E-state index in [2.05, 4.69) is 10.3 Å². The Hall–Kier alpha value is -3.88. The maximum atomic E-state index is 13.5. The Morgan fingerprint density at radius 1 is 1.06 bits per heavy atom. The molecule has 0 bridgehead atoms. The van der Waals surface area contributed by atoms with Gasteiger partial charge in [-0.25, -0.2) is 4.63 Å². The second-order valence-electron chi connectivity index (χ2n) is 7.80. The average Bonchev–Trinajstić information content (AvgIpc) is 3.26. The molecule has 0 spiro atoms. The number of piperazine rings is 1. The van der Waals surface area contributed by atoms with E-state index in [1.165, 1.54) is 0 Å². The highest BCUT2D eigenvalue weighted by atomic mass is 16.6. The summed E-state index contributed by atoms with van der Waals surface area (Å²) in [6.45, 7) is 4.66. The molecule has 1 fully saturated rings. The normalized spacial score (nSPS) is 15.9. The number of para-hydroxylation sites is 2. The molecule has 1 atom stereocenters. The maximum Gasteiger partial charge on any atom is 0.257 e. The van der Waals surface area contributed by atoms with Gasteiger partial charge in [0.1, 0.15) is 29.5 Å². The molecule has 172 valence electrons. The number of nitrogens with zero attached hydrogens (tertiary/aromatic N) is 4. The molecular formula is C24H26N4O5. The third-order valence-electron chi connectivity index (χ3n) is 5.80. The summed E-state index contributed by atoms with van der Waals surface area (Å²) >= 11 is 0. The van der Waals surface area contributed by atoms with Crippen LogP contribution in [0.1, 0.15) is 40.3 Å². The Labute approximate surface area is 191 Å². The van der Waals surface area contributed by atoms with Gasteiger partial charge in [0, 0.05) is 32.1 Å². The first kappa shape index (κ1) is 22.3. The van der Waals surface area contributed by atoms with Crippen molar-refractivity contribution in [3.63, 3.8) is 0 Å². The van der Waals surface area contributed by atoms with Gasteiger partial charge in [-0.3, -0.25) is 9.59 Å². The van der Waals surface area contributed by atoms with Crippen LogP contribution in [0.3, 0.4) is 0 Å². The van der Waals surface area contributed by atoms with Crippen LogP contribution in [-0.2, 0) is 11.4 Å². The highest BCUT2D eigenvalue weighted by molar-refractivity contribution is 5.97. The van der Waals surface area contributed by atoms with E-state index in [0.717, 1.165) is 5.56 Å². The number of rotatable bonds is 6. The van der Waals surface area contributed by atoms with Crippen molar-refractivity contribution in [2.45, 2.75) is 26.5 Å². The smallest absolute Gasteiger partial charge is 0.257 e. The summed E-state index contributed by atoms with van der Waals surface area (Å²) in [7, 11) is 1.60. The number of hydrogen-bond acceptors (Lipinski definition) is 7. The monoisotopic (exact) mass is 450 g/mol. The van der Waals surface area contributed by atoms with Gasteiger partial charge in [-0.1, -0.05) is 40.6 Å². The number of methoxy groups -OCH3 is 1. The maximum absolute atomic E-state index is 13.5. The minimum absolute atomic E-state index is 0.0432. The molecule has 1 aliphatic rings.